The molecule has 0 radical (unpaired) electrons. The third-order valence-corrected chi connectivity index (χ3v) is 6.60. The highest BCUT2D eigenvalue weighted by Gasteiger charge is 2.22. The van der Waals surface area contributed by atoms with Crippen LogP contribution in [0.25, 0.3) is 11.3 Å². The molecule has 2 heterocycles. The van der Waals surface area contributed by atoms with Gasteiger partial charge < -0.3 is 13.8 Å². The molecule has 0 amide bonds. The Kier molecular flexibility index (Phi) is 6.19. The van der Waals surface area contributed by atoms with E-state index in [1.165, 1.54) is 27.2 Å². The number of aromatic nitrogens is 2. The molecule has 0 unspecified atom stereocenters. The molecular formula is C20H23N3O5S. The first kappa shape index (κ1) is 20.8. The number of para-hydroxylation sites is 1. The van der Waals surface area contributed by atoms with Crippen LogP contribution < -0.4 is 10.3 Å². The fourth-order valence-electron chi connectivity index (χ4n) is 3.04. The van der Waals surface area contributed by atoms with Gasteiger partial charge in [0.15, 0.2) is 5.76 Å². The number of pyridine rings is 1. The number of benzene rings is 1. The summed E-state index contributed by atoms with van der Waals surface area (Å²) in [6.45, 7) is 4.29. The average molecular weight is 417 g/mol. The van der Waals surface area contributed by atoms with E-state index in [1.807, 2.05) is 24.3 Å². The molecule has 0 aliphatic carbocycles. The van der Waals surface area contributed by atoms with Crippen molar-refractivity contribution in [3.05, 3.63) is 64.8 Å². The fraction of sp³-hybridized carbons (Fsp3) is 0.300. The van der Waals surface area contributed by atoms with Crippen molar-refractivity contribution in [2.75, 3.05) is 20.2 Å². The van der Waals surface area contributed by atoms with E-state index in [0.29, 0.717) is 30.3 Å². The average Bonchev–Trinajstić information content (AvgIpc) is 3.18. The van der Waals surface area contributed by atoms with Crippen molar-refractivity contribution in [1.29, 1.82) is 0 Å². The second-order valence-electron chi connectivity index (χ2n) is 6.30. The van der Waals surface area contributed by atoms with Gasteiger partial charge in [-0.25, -0.2) is 8.42 Å². The van der Waals surface area contributed by atoms with Crippen LogP contribution in [0.15, 0.2) is 62.9 Å². The Morgan fingerprint density at radius 2 is 1.86 bits per heavy atom. The number of hydrogen-bond donors (Lipinski definition) is 0. The highest BCUT2D eigenvalue weighted by atomic mass is 32.2. The normalized spacial score (nSPS) is 11.7. The van der Waals surface area contributed by atoms with Gasteiger partial charge in [-0.15, -0.1) is 0 Å². The molecule has 1 aromatic carbocycles. The van der Waals surface area contributed by atoms with Crippen LogP contribution in [0.1, 0.15) is 19.6 Å². The Labute approximate surface area is 169 Å². The lowest BCUT2D eigenvalue weighted by molar-refractivity contribution is 0.375. The van der Waals surface area contributed by atoms with Gasteiger partial charge in [0.1, 0.15) is 11.4 Å². The van der Waals surface area contributed by atoms with Crippen molar-refractivity contribution in [2.45, 2.75) is 25.3 Å². The molecule has 0 bridgehead atoms. The lowest BCUT2D eigenvalue weighted by Gasteiger charge is -2.18. The molecular weight excluding hydrogens is 394 g/mol. The second-order valence-corrected chi connectivity index (χ2v) is 8.24. The highest BCUT2D eigenvalue weighted by Crippen LogP contribution is 2.29. The van der Waals surface area contributed by atoms with Gasteiger partial charge in [0.25, 0.3) is 5.56 Å². The number of ether oxygens (including phenoxy) is 1. The zero-order chi connectivity index (χ0) is 21.0. The summed E-state index contributed by atoms with van der Waals surface area (Å²) in [7, 11) is -2.10. The van der Waals surface area contributed by atoms with Gasteiger partial charge in [-0.05, 0) is 18.2 Å². The number of sulfonamides is 1. The van der Waals surface area contributed by atoms with Crippen molar-refractivity contribution in [3.63, 3.8) is 0 Å². The topological polar surface area (TPSA) is 94.6 Å². The van der Waals surface area contributed by atoms with Crippen LogP contribution in [0.5, 0.6) is 5.75 Å². The van der Waals surface area contributed by atoms with Crippen LogP contribution in [0.4, 0.5) is 0 Å². The minimum absolute atomic E-state index is 0.0581. The predicted molar refractivity (Wildman–Crippen MR) is 108 cm³/mol. The first-order valence-electron chi connectivity index (χ1n) is 9.20. The molecule has 154 valence electrons. The number of nitrogens with zero attached hydrogens (tertiary/aromatic N) is 3. The van der Waals surface area contributed by atoms with E-state index >= 15 is 0 Å². The minimum Gasteiger partial charge on any atom is -0.496 e. The molecule has 0 N–H and O–H groups in total. The largest absolute Gasteiger partial charge is 0.496 e. The van der Waals surface area contributed by atoms with Crippen molar-refractivity contribution in [1.82, 2.24) is 14.0 Å². The summed E-state index contributed by atoms with van der Waals surface area (Å²) in [5.41, 5.74) is 0.992. The molecule has 0 saturated heterocycles. The Hall–Kier alpha value is -2.91. The molecule has 0 aliphatic rings. The Morgan fingerprint density at radius 1 is 1.14 bits per heavy atom. The second kappa shape index (κ2) is 8.62. The minimum atomic E-state index is -3.67. The monoisotopic (exact) mass is 417 g/mol. The van der Waals surface area contributed by atoms with Crippen molar-refractivity contribution >= 4 is 10.0 Å². The fourth-order valence-corrected chi connectivity index (χ4v) is 4.52. The molecule has 9 heteroatoms. The van der Waals surface area contributed by atoms with Gasteiger partial charge in [0.2, 0.25) is 10.0 Å². The smallest absolute Gasteiger partial charge is 0.251 e. The first-order valence-corrected chi connectivity index (χ1v) is 10.6. The summed E-state index contributed by atoms with van der Waals surface area (Å²) in [4.78, 5) is 12.3. The van der Waals surface area contributed by atoms with Crippen LogP contribution in [0.2, 0.25) is 0 Å². The molecule has 0 spiro atoms. The first-order chi connectivity index (χ1) is 13.9. The van der Waals surface area contributed by atoms with Gasteiger partial charge in [0.05, 0.1) is 18.6 Å². The highest BCUT2D eigenvalue weighted by molar-refractivity contribution is 7.89. The van der Waals surface area contributed by atoms with Gasteiger partial charge in [-0.3, -0.25) is 4.79 Å². The lowest BCUT2D eigenvalue weighted by Crippen LogP contribution is -2.32. The summed E-state index contributed by atoms with van der Waals surface area (Å²) in [5, 5.41) is 4.05. The molecule has 2 aromatic heterocycles. The third-order valence-electron chi connectivity index (χ3n) is 4.57. The maximum Gasteiger partial charge on any atom is 0.251 e. The zero-order valence-electron chi connectivity index (χ0n) is 16.5. The standard InChI is InChI=1S/C20H23N3O5S/c1-4-23(5-2)29(25,26)16-10-11-20(24)22(14-16)13-15-12-18(21-28-15)17-8-6-7-9-19(17)27-3/h6-12,14H,4-5,13H2,1-3H3. The maximum atomic E-state index is 12.7. The van der Waals surface area contributed by atoms with E-state index in [4.69, 9.17) is 9.26 Å². The van der Waals surface area contributed by atoms with Crippen molar-refractivity contribution < 1.29 is 17.7 Å². The predicted octanol–water partition coefficient (Wildman–Crippen LogP) is 2.59. The van der Waals surface area contributed by atoms with E-state index in [0.717, 1.165) is 5.56 Å². The van der Waals surface area contributed by atoms with E-state index in [2.05, 4.69) is 5.16 Å². The third kappa shape index (κ3) is 4.25. The maximum absolute atomic E-state index is 12.7. The Bertz CT molecular complexity index is 1150. The molecule has 0 aliphatic heterocycles. The molecule has 0 atom stereocenters. The molecule has 3 aromatic rings. The van der Waals surface area contributed by atoms with Crippen molar-refractivity contribution in [2.24, 2.45) is 0 Å². The molecule has 0 saturated carbocycles. The summed E-state index contributed by atoms with van der Waals surface area (Å²) in [6.07, 6.45) is 1.33. The number of methoxy groups -OCH3 is 1. The van der Waals surface area contributed by atoms with Gasteiger partial charge in [-0.1, -0.05) is 31.1 Å². The summed E-state index contributed by atoms with van der Waals surface area (Å²) < 4.78 is 38.8. The molecule has 0 fully saturated rings. The SMILES string of the molecule is CCN(CC)S(=O)(=O)c1ccc(=O)n(Cc2cc(-c3ccccc3OC)no2)c1. The van der Waals surface area contributed by atoms with E-state index in [1.54, 1.807) is 27.0 Å². The van der Waals surface area contributed by atoms with Crippen LogP contribution in [-0.4, -0.2) is 42.6 Å². The van der Waals surface area contributed by atoms with Crippen LogP contribution in [0, 0.1) is 0 Å². The Morgan fingerprint density at radius 3 is 2.55 bits per heavy atom. The quantitative estimate of drug-likeness (QED) is 0.559. The summed E-state index contributed by atoms with van der Waals surface area (Å²) in [5.74, 6) is 1.07. The molecule has 3 rings (SSSR count). The lowest BCUT2D eigenvalue weighted by atomic mass is 10.1. The summed E-state index contributed by atoms with van der Waals surface area (Å²) in [6, 6.07) is 11.7. The number of rotatable bonds is 8. The number of hydrogen-bond acceptors (Lipinski definition) is 6. The van der Waals surface area contributed by atoms with E-state index in [-0.39, 0.29) is 17.0 Å². The van der Waals surface area contributed by atoms with Gasteiger partial charge >= 0.3 is 0 Å². The molecule has 8 nitrogen and oxygen atoms in total. The molecule has 29 heavy (non-hydrogen) atoms. The van der Waals surface area contributed by atoms with Gasteiger partial charge in [0, 0.05) is 37.0 Å². The van der Waals surface area contributed by atoms with E-state index < -0.39 is 10.0 Å². The Balaban J connectivity index is 1.92. The van der Waals surface area contributed by atoms with E-state index in [9.17, 15) is 13.2 Å². The van der Waals surface area contributed by atoms with Crippen LogP contribution in [0.3, 0.4) is 0 Å². The van der Waals surface area contributed by atoms with Crippen LogP contribution >= 0.6 is 0 Å². The van der Waals surface area contributed by atoms with Crippen LogP contribution in [-0.2, 0) is 16.6 Å². The summed E-state index contributed by atoms with van der Waals surface area (Å²) >= 11 is 0. The zero-order valence-corrected chi connectivity index (χ0v) is 17.3. The van der Waals surface area contributed by atoms with Gasteiger partial charge in [-0.2, -0.15) is 4.31 Å². The van der Waals surface area contributed by atoms with Crippen molar-refractivity contribution in [3.8, 4) is 17.0 Å².